The fraction of sp³-hybridized carbons (Fsp3) is 0. The second-order valence-electron chi connectivity index (χ2n) is 2.96. The Kier molecular flexibility index (Phi) is 2.86. The summed E-state index contributed by atoms with van der Waals surface area (Å²) in [7, 11) is 0. The first-order chi connectivity index (χ1) is 7.66. The zero-order chi connectivity index (χ0) is 11.5. The van der Waals surface area contributed by atoms with E-state index >= 15 is 0 Å². The van der Waals surface area contributed by atoms with Crippen LogP contribution in [0.3, 0.4) is 0 Å². The maximum Gasteiger partial charge on any atom is 0.259 e. The molecule has 0 aliphatic carbocycles. The lowest BCUT2D eigenvalue weighted by atomic mass is 10.3. The number of amides is 1. The normalized spacial score (nSPS) is 10.1. The van der Waals surface area contributed by atoms with E-state index in [9.17, 15) is 4.79 Å². The van der Waals surface area contributed by atoms with Crippen molar-refractivity contribution in [3.8, 4) is 0 Å². The quantitative estimate of drug-likeness (QED) is 0.775. The number of aromatic nitrogens is 3. The van der Waals surface area contributed by atoms with Crippen molar-refractivity contribution in [3.05, 3.63) is 34.7 Å². The van der Waals surface area contributed by atoms with Gasteiger partial charge in [-0.2, -0.15) is 4.98 Å². The van der Waals surface area contributed by atoms with Gasteiger partial charge >= 0.3 is 0 Å². The van der Waals surface area contributed by atoms with Crippen molar-refractivity contribution < 1.29 is 4.79 Å². The number of nitrogen functional groups attached to an aromatic ring is 1. The number of rotatable bonds is 2. The van der Waals surface area contributed by atoms with Crippen LogP contribution in [0.4, 0.5) is 11.8 Å². The smallest absolute Gasteiger partial charge is 0.259 e. The van der Waals surface area contributed by atoms with Gasteiger partial charge in [0.15, 0.2) is 0 Å². The number of hydrogen-bond donors (Lipinski definition) is 3. The number of hydrogen-bond acceptors (Lipinski definition) is 4. The van der Waals surface area contributed by atoms with E-state index in [-0.39, 0.29) is 11.9 Å². The molecule has 0 aromatic carbocycles. The molecule has 0 bridgehead atoms. The van der Waals surface area contributed by atoms with Crippen molar-refractivity contribution in [2.45, 2.75) is 0 Å². The third-order valence-corrected chi connectivity index (χ3v) is 2.51. The Hall–Kier alpha value is -1.89. The molecule has 0 unspecified atom stereocenters. The van der Waals surface area contributed by atoms with Crippen LogP contribution in [-0.4, -0.2) is 20.9 Å². The minimum Gasteiger partial charge on any atom is -0.368 e. The molecule has 0 saturated carbocycles. The van der Waals surface area contributed by atoms with Crippen molar-refractivity contribution >= 4 is 33.6 Å². The van der Waals surface area contributed by atoms with Gasteiger partial charge in [-0.15, -0.1) is 0 Å². The molecule has 2 aromatic heterocycles. The zero-order valence-corrected chi connectivity index (χ0v) is 9.65. The van der Waals surface area contributed by atoms with Gasteiger partial charge in [0.05, 0.1) is 10.2 Å². The van der Waals surface area contributed by atoms with E-state index in [2.05, 4.69) is 36.2 Å². The van der Waals surface area contributed by atoms with Crippen LogP contribution in [0.25, 0.3) is 0 Å². The number of carbonyl (C=O) groups excluding carboxylic acids is 1. The van der Waals surface area contributed by atoms with Crippen LogP contribution in [0, 0.1) is 0 Å². The minimum atomic E-state index is -0.272. The van der Waals surface area contributed by atoms with Crippen LogP contribution in [0.1, 0.15) is 10.4 Å². The van der Waals surface area contributed by atoms with Gasteiger partial charge in [-0.3, -0.25) is 4.79 Å². The van der Waals surface area contributed by atoms with E-state index in [1.165, 1.54) is 6.20 Å². The van der Waals surface area contributed by atoms with E-state index in [0.717, 1.165) is 0 Å². The Labute approximate surface area is 99.4 Å². The lowest BCUT2D eigenvalue weighted by Gasteiger charge is -2.03. The van der Waals surface area contributed by atoms with Crippen LogP contribution in [-0.2, 0) is 0 Å². The van der Waals surface area contributed by atoms with Gasteiger partial charge in [0, 0.05) is 12.4 Å². The molecule has 2 aromatic rings. The van der Waals surface area contributed by atoms with Crippen molar-refractivity contribution in [3.63, 3.8) is 0 Å². The molecular formula is C9H8BrN5O. The molecule has 0 aliphatic heterocycles. The van der Waals surface area contributed by atoms with Gasteiger partial charge in [0.2, 0.25) is 5.95 Å². The molecule has 6 nitrogen and oxygen atoms in total. The molecule has 1 amide bonds. The summed E-state index contributed by atoms with van der Waals surface area (Å²) in [5.74, 6) is 0.211. The van der Waals surface area contributed by atoms with Gasteiger partial charge in [0.25, 0.3) is 5.91 Å². The lowest BCUT2D eigenvalue weighted by molar-refractivity contribution is 0.102. The number of halogens is 1. The topological polar surface area (TPSA) is 96.7 Å². The Bertz CT molecular complexity index is 524. The number of anilines is 2. The van der Waals surface area contributed by atoms with Gasteiger partial charge in [0.1, 0.15) is 5.82 Å². The zero-order valence-electron chi connectivity index (χ0n) is 8.07. The van der Waals surface area contributed by atoms with E-state index in [4.69, 9.17) is 5.73 Å². The highest BCUT2D eigenvalue weighted by atomic mass is 79.9. The van der Waals surface area contributed by atoms with Crippen LogP contribution >= 0.6 is 15.9 Å². The molecule has 2 rings (SSSR count). The molecular weight excluding hydrogens is 274 g/mol. The van der Waals surface area contributed by atoms with Crippen LogP contribution in [0.15, 0.2) is 29.1 Å². The van der Waals surface area contributed by atoms with Gasteiger partial charge in [-0.25, -0.2) is 4.98 Å². The highest BCUT2D eigenvalue weighted by molar-refractivity contribution is 9.10. The molecule has 0 aliphatic rings. The largest absolute Gasteiger partial charge is 0.368 e. The van der Waals surface area contributed by atoms with Crippen molar-refractivity contribution in [1.82, 2.24) is 15.0 Å². The first kappa shape index (κ1) is 10.6. The van der Waals surface area contributed by atoms with Crippen molar-refractivity contribution in [1.29, 1.82) is 0 Å². The molecule has 0 atom stereocenters. The summed E-state index contributed by atoms with van der Waals surface area (Å²) in [6.45, 7) is 0. The highest BCUT2D eigenvalue weighted by Crippen LogP contribution is 2.15. The van der Waals surface area contributed by atoms with Crippen molar-refractivity contribution in [2.24, 2.45) is 0 Å². The summed E-state index contributed by atoms with van der Waals surface area (Å²) in [5.41, 5.74) is 5.89. The standard InChI is InChI=1S/C9H8BrN5O/c10-7-5(1-3-12-7)8(16)14-6-2-4-13-9(11)15-6/h1-4,12H,(H3,11,13,14,15,16). The number of nitrogens with one attached hydrogen (secondary N) is 2. The Morgan fingerprint density at radius 2 is 2.31 bits per heavy atom. The Balaban J connectivity index is 2.17. The third kappa shape index (κ3) is 2.19. The summed E-state index contributed by atoms with van der Waals surface area (Å²) >= 11 is 3.22. The fourth-order valence-corrected chi connectivity index (χ4v) is 1.60. The summed E-state index contributed by atoms with van der Waals surface area (Å²) in [6, 6.07) is 3.22. The fourth-order valence-electron chi connectivity index (χ4n) is 1.15. The van der Waals surface area contributed by atoms with E-state index < -0.39 is 0 Å². The van der Waals surface area contributed by atoms with E-state index in [1.807, 2.05) is 0 Å². The number of carbonyl (C=O) groups is 1. The van der Waals surface area contributed by atoms with Gasteiger partial charge < -0.3 is 16.0 Å². The summed E-state index contributed by atoms with van der Waals surface area (Å²) < 4.78 is 0.618. The van der Waals surface area contributed by atoms with E-state index in [0.29, 0.717) is 16.0 Å². The lowest BCUT2D eigenvalue weighted by Crippen LogP contribution is -2.13. The number of aromatic amines is 1. The summed E-state index contributed by atoms with van der Waals surface area (Å²) in [6.07, 6.45) is 3.14. The number of nitrogens with zero attached hydrogens (tertiary/aromatic N) is 2. The van der Waals surface area contributed by atoms with Gasteiger partial charge in [-0.05, 0) is 28.1 Å². The Morgan fingerprint density at radius 1 is 1.50 bits per heavy atom. The predicted molar refractivity (Wildman–Crippen MR) is 62.9 cm³/mol. The molecule has 7 heteroatoms. The van der Waals surface area contributed by atoms with Crippen molar-refractivity contribution in [2.75, 3.05) is 11.1 Å². The minimum absolute atomic E-state index is 0.117. The first-order valence-electron chi connectivity index (χ1n) is 4.39. The molecule has 0 fully saturated rings. The number of nitrogens with two attached hydrogens (primary N) is 1. The SMILES string of the molecule is Nc1nccc(NC(=O)c2cc[nH]c2Br)n1. The van der Waals surface area contributed by atoms with Crippen LogP contribution in [0.2, 0.25) is 0 Å². The molecule has 16 heavy (non-hydrogen) atoms. The summed E-state index contributed by atoms with van der Waals surface area (Å²) in [4.78, 5) is 22.2. The number of H-pyrrole nitrogens is 1. The monoisotopic (exact) mass is 281 g/mol. The predicted octanol–water partition coefficient (Wildman–Crippen LogP) is 1.40. The molecule has 0 radical (unpaired) electrons. The summed E-state index contributed by atoms with van der Waals surface area (Å²) in [5, 5.41) is 2.61. The second-order valence-corrected chi connectivity index (χ2v) is 3.75. The van der Waals surface area contributed by atoms with Crippen LogP contribution in [0.5, 0.6) is 0 Å². The maximum atomic E-state index is 11.7. The average molecular weight is 282 g/mol. The highest BCUT2D eigenvalue weighted by Gasteiger charge is 2.11. The maximum absolute atomic E-state index is 11.7. The van der Waals surface area contributed by atoms with E-state index in [1.54, 1.807) is 18.3 Å². The first-order valence-corrected chi connectivity index (χ1v) is 5.19. The van der Waals surface area contributed by atoms with Crippen LogP contribution < -0.4 is 11.1 Å². The molecule has 2 heterocycles. The molecule has 0 saturated heterocycles. The Morgan fingerprint density at radius 3 is 2.94 bits per heavy atom. The molecule has 82 valence electrons. The second kappa shape index (κ2) is 4.31. The molecule has 4 N–H and O–H groups in total. The van der Waals surface area contributed by atoms with Gasteiger partial charge in [-0.1, -0.05) is 0 Å². The molecule has 0 spiro atoms. The average Bonchev–Trinajstić information content (AvgIpc) is 2.64. The third-order valence-electron chi connectivity index (χ3n) is 1.86.